The molecule has 2 fully saturated rings. The Hall–Kier alpha value is -2.38. The van der Waals surface area contributed by atoms with Gasteiger partial charge in [-0.3, -0.25) is 4.79 Å². The van der Waals surface area contributed by atoms with E-state index in [1.54, 1.807) is 17.0 Å². The molecule has 0 bridgehead atoms. The van der Waals surface area contributed by atoms with Gasteiger partial charge >= 0.3 is 12.0 Å². The van der Waals surface area contributed by atoms with Gasteiger partial charge in [0.15, 0.2) is 0 Å². The maximum absolute atomic E-state index is 12.4. The molecule has 2 amide bonds. The quantitative estimate of drug-likeness (QED) is 0.852. The molecule has 0 aromatic heterocycles. The van der Waals surface area contributed by atoms with Gasteiger partial charge in [0.1, 0.15) is 12.4 Å². The number of halogens is 2. The second kappa shape index (κ2) is 6.85. The molecule has 0 unspecified atom stereocenters. The van der Waals surface area contributed by atoms with Gasteiger partial charge in [0.2, 0.25) is 0 Å². The van der Waals surface area contributed by atoms with Gasteiger partial charge in [-0.1, -0.05) is 6.42 Å². The highest BCUT2D eigenvalue weighted by Gasteiger charge is 2.55. The zero-order valence-electron chi connectivity index (χ0n) is 13.6. The molecule has 136 valence electrons. The molecule has 0 radical (unpaired) electrons. The van der Waals surface area contributed by atoms with E-state index in [9.17, 15) is 23.5 Å². The molecule has 1 aliphatic carbocycles. The number of anilines is 1. The topological polar surface area (TPSA) is 78.9 Å². The van der Waals surface area contributed by atoms with Gasteiger partial charge in [-0.25, -0.2) is 13.6 Å². The third-order valence-corrected chi connectivity index (χ3v) is 5.07. The van der Waals surface area contributed by atoms with Gasteiger partial charge in [-0.15, -0.1) is 0 Å². The zero-order chi connectivity index (χ0) is 18.0. The summed E-state index contributed by atoms with van der Waals surface area (Å²) >= 11 is 0. The number of carbonyl (C=O) groups excluding carboxylic acids is 1. The van der Waals surface area contributed by atoms with Crippen LogP contribution >= 0.6 is 0 Å². The molecule has 25 heavy (non-hydrogen) atoms. The van der Waals surface area contributed by atoms with Crippen molar-refractivity contribution in [2.75, 3.05) is 25.0 Å². The van der Waals surface area contributed by atoms with Crippen LogP contribution in [0, 0.1) is 11.3 Å². The molecule has 0 spiro atoms. The minimum atomic E-state index is -2.55. The number of urea groups is 1. The van der Waals surface area contributed by atoms with Crippen LogP contribution in [0.3, 0.4) is 0 Å². The van der Waals surface area contributed by atoms with Crippen LogP contribution in [-0.2, 0) is 4.79 Å². The van der Waals surface area contributed by atoms with E-state index in [1.165, 1.54) is 12.1 Å². The Balaban J connectivity index is 1.59. The van der Waals surface area contributed by atoms with Crippen molar-refractivity contribution >= 4 is 17.7 Å². The number of nitrogens with one attached hydrogen (secondary N) is 1. The molecule has 2 atom stereocenters. The van der Waals surface area contributed by atoms with E-state index in [4.69, 9.17) is 4.74 Å². The molecular formula is C17H20F2N2O4. The normalized spacial score (nSPS) is 25.1. The Kier molecular flexibility index (Phi) is 4.78. The summed E-state index contributed by atoms with van der Waals surface area (Å²) in [6, 6.07) is 5.76. The fraction of sp³-hybridized carbons (Fsp3) is 0.529. The monoisotopic (exact) mass is 354 g/mol. The second-order valence-corrected chi connectivity index (χ2v) is 6.59. The van der Waals surface area contributed by atoms with E-state index >= 15 is 0 Å². The van der Waals surface area contributed by atoms with Crippen LogP contribution in [0.5, 0.6) is 5.75 Å². The summed E-state index contributed by atoms with van der Waals surface area (Å²) in [6.07, 6.45) is -0.235. The number of nitrogens with zero attached hydrogens (tertiary/aromatic N) is 1. The number of carbonyl (C=O) groups is 2. The lowest BCUT2D eigenvalue weighted by Gasteiger charge is -2.23. The Morgan fingerprint density at radius 1 is 1.36 bits per heavy atom. The Labute approximate surface area is 143 Å². The van der Waals surface area contributed by atoms with Crippen molar-refractivity contribution in [3.63, 3.8) is 0 Å². The van der Waals surface area contributed by atoms with Crippen molar-refractivity contribution in [3.8, 4) is 5.75 Å². The molecule has 1 aliphatic heterocycles. The zero-order valence-corrected chi connectivity index (χ0v) is 13.6. The van der Waals surface area contributed by atoms with Crippen LogP contribution in [0.1, 0.15) is 19.3 Å². The number of rotatable bonds is 5. The van der Waals surface area contributed by atoms with Gasteiger partial charge in [-0.05, 0) is 43.0 Å². The standard InChI is InChI=1S/C17H20F2N2O4/c18-14(19)9-25-13-5-3-12(4-6-13)20-16(24)21-8-11-2-1-7-17(11,10-21)15(22)23/h3-6,11,14H,1-2,7-10H2,(H,20,24)(H,22,23)/t11-,17+/m0/s1. The second-order valence-electron chi connectivity index (χ2n) is 6.59. The molecule has 1 heterocycles. The van der Waals surface area contributed by atoms with E-state index in [-0.39, 0.29) is 18.5 Å². The number of fused-ring (bicyclic) bond motifs is 1. The molecule has 3 rings (SSSR count). The van der Waals surface area contributed by atoms with Crippen LogP contribution in [0.2, 0.25) is 0 Å². The number of carboxylic acid groups (broad SMARTS) is 1. The lowest BCUT2D eigenvalue weighted by Crippen LogP contribution is -2.38. The van der Waals surface area contributed by atoms with Crippen molar-refractivity contribution in [2.24, 2.45) is 11.3 Å². The highest BCUT2D eigenvalue weighted by molar-refractivity contribution is 5.90. The first-order valence-corrected chi connectivity index (χ1v) is 8.21. The summed E-state index contributed by atoms with van der Waals surface area (Å²) in [5.74, 6) is -0.537. The molecule has 8 heteroatoms. The Morgan fingerprint density at radius 3 is 2.68 bits per heavy atom. The number of likely N-dealkylation sites (tertiary alicyclic amines) is 1. The third kappa shape index (κ3) is 3.52. The molecular weight excluding hydrogens is 334 g/mol. The summed E-state index contributed by atoms with van der Waals surface area (Å²) in [5.41, 5.74) is -0.319. The summed E-state index contributed by atoms with van der Waals surface area (Å²) in [7, 11) is 0. The van der Waals surface area contributed by atoms with Crippen LogP contribution in [-0.4, -0.2) is 48.1 Å². The number of hydrogen-bond acceptors (Lipinski definition) is 3. The molecule has 1 aromatic rings. The van der Waals surface area contributed by atoms with Crippen LogP contribution in [0.25, 0.3) is 0 Å². The first-order chi connectivity index (χ1) is 11.9. The van der Waals surface area contributed by atoms with Gasteiger partial charge in [0.25, 0.3) is 6.43 Å². The Morgan fingerprint density at radius 2 is 2.08 bits per heavy atom. The van der Waals surface area contributed by atoms with Crippen LogP contribution < -0.4 is 10.1 Å². The maximum Gasteiger partial charge on any atom is 0.321 e. The minimum absolute atomic E-state index is 0.000808. The third-order valence-electron chi connectivity index (χ3n) is 5.07. The highest BCUT2D eigenvalue weighted by Crippen LogP contribution is 2.48. The number of aliphatic carboxylic acids is 1. The number of ether oxygens (including phenoxy) is 1. The number of hydrogen-bond donors (Lipinski definition) is 2. The average molecular weight is 354 g/mol. The molecule has 1 aromatic carbocycles. The molecule has 2 N–H and O–H groups in total. The van der Waals surface area contributed by atoms with Crippen LogP contribution in [0.4, 0.5) is 19.3 Å². The molecule has 6 nitrogen and oxygen atoms in total. The number of amides is 2. The average Bonchev–Trinajstić information content (AvgIpc) is 3.12. The summed E-state index contributed by atoms with van der Waals surface area (Å²) in [5, 5.41) is 12.3. The maximum atomic E-state index is 12.4. The highest BCUT2D eigenvalue weighted by atomic mass is 19.3. The molecule has 2 aliphatic rings. The fourth-order valence-corrected chi connectivity index (χ4v) is 3.79. The van der Waals surface area contributed by atoms with Gasteiger partial charge < -0.3 is 20.1 Å². The predicted octanol–water partition coefficient (Wildman–Crippen LogP) is 3.05. The first-order valence-electron chi connectivity index (χ1n) is 8.21. The summed E-state index contributed by atoms with van der Waals surface area (Å²) < 4.78 is 29.1. The lowest BCUT2D eigenvalue weighted by molar-refractivity contribution is -0.149. The van der Waals surface area contributed by atoms with Crippen molar-refractivity contribution in [1.29, 1.82) is 0 Å². The van der Waals surface area contributed by atoms with E-state index in [0.29, 0.717) is 24.4 Å². The van der Waals surface area contributed by atoms with Crippen molar-refractivity contribution < 1.29 is 28.2 Å². The molecule has 1 saturated heterocycles. The largest absolute Gasteiger partial charge is 0.488 e. The first kappa shape index (κ1) is 17.4. The Bertz CT molecular complexity index is 653. The van der Waals surface area contributed by atoms with E-state index in [2.05, 4.69) is 5.32 Å². The predicted molar refractivity (Wildman–Crippen MR) is 85.9 cm³/mol. The number of benzene rings is 1. The number of alkyl halides is 2. The van der Waals surface area contributed by atoms with Crippen molar-refractivity contribution in [2.45, 2.75) is 25.7 Å². The minimum Gasteiger partial charge on any atom is -0.488 e. The number of carboxylic acids is 1. The van der Waals surface area contributed by atoms with E-state index < -0.39 is 24.4 Å². The smallest absolute Gasteiger partial charge is 0.321 e. The van der Waals surface area contributed by atoms with Crippen molar-refractivity contribution in [1.82, 2.24) is 4.90 Å². The summed E-state index contributed by atoms with van der Waals surface area (Å²) in [6.45, 7) is -0.0275. The molecule has 1 saturated carbocycles. The summed E-state index contributed by atoms with van der Waals surface area (Å²) in [4.78, 5) is 25.6. The van der Waals surface area contributed by atoms with Crippen molar-refractivity contribution in [3.05, 3.63) is 24.3 Å². The van der Waals surface area contributed by atoms with Crippen LogP contribution in [0.15, 0.2) is 24.3 Å². The van der Waals surface area contributed by atoms with E-state index in [0.717, 1.165) is 12.8 Å². The van der Waals surface area contributed by atoms with Gasteiger partial charge in [0.05, 0.1) is 5.41 Å². The van der Waals surface area contributed by atoms with Gasteiger partial charge in [-0.2, -0.15) is 0 Å². The van der Waals surface area contributed by atoms with Gasteiger partial charge in [0, 0.05) is 18.8 Å². The lowest BCUT2D eigenvalue weighted by atomic mass is 9.81. The SMILES string of the molecule is O=C(Nc1ccc(OCC(F)F)cc1)N1C[C@@H]2CCC[C@@]2(C(=O)O)C1. The fourth-order valence-electron chi connectivity index (χ4n) is 3.79. The van der Waals surface area contributed by atoms with E-state index in [1.807, 2.05) is 0 Å².